The zero-order valence-corrected chi connectivity index (χ0v) is 12.6. The molecule has 0 saturated carbocycles. The Hall–Kier alpha value is -1.66. The highest BCUT2D eigenvalue weighted by Crippen LogP contribution is 2.29. The number of nitro benzene ring substituents is 1. The first-order valence-corrected chi connectivity index (χ1v) is 7.30. The Balaban J connectivity index is 2.15. The van der Waals surface area contributed by atoms with Gasteiger partial charge in [-0.25, -0.2) is 0 Å². The highest BCUT2D eigenvalue weighted by molar-refractivity contribution is 5.48. The third kappa shape index (κ3) is 3.71. The van der Waals surface area contributed by atoms with Gasteiger partial charge in [-0.3, -0.25) is 15.0 Å². The molecule has 1 fully saturated rings. The van der Waals surface area contributed by atoms with Crippen molar-refractivity contribution in [1.82, 2.24) is 4.90 Å². The number of nitro groups is 1. The van der Waals surface area contributed by atoms with Crippen molar-refractivity contribution in [1.29, 1.82) is 0 Å². The summed E-state index contributed by atoms with van der Waals surface area (Å²) in [5.41, 5.74) is 6.81. The smallest absolute Gasteiger partial charge is 0.311 e. The van der Waals surface area contributed by atoms with Gasteiger partial charge in [0.05, 0.1) is 12.0 Å². The summed E-state index contributed by atoms with van der Waals surface area (Å²) in [5, 5.41) is 11.1. The maximum Gasteiger partial charge on any atom is 0.311 e. The second-order valence-corrected chi connectivity index (χ2v) is 5.75. The van der Waals surface area contributed by atoms with Gasteiger partial charge in [0.2, 0.25) is 0 Å². The minimum atomic E-state index is -0.402. The number of ether oxygens (including phenoxy) is 1. The standard InChI is InChI=1S/C15H23N3O3/c1-11-5-6-17(13(7-11)9-16)10-12-3-4-15(21-2)14(8-12)18(19)20/h3-4,8,11,13H,5-7,9-10,16H2,1-2H3. The number of methoxy groups -OCH3 is 1. The molecule has 2 atom stereocenters. The van der Waals surface area contributed by atoms with E-state index in [0.717, 1.165) is 24.9 Å². The number of rotatable bonds is 5. The predicted molar refractivity (Wildman–Crippen MR) is 81.3 cm³/mol. The maximum atomic E-state index is 11.1. The molecule has 0 radical (unpaired) electrons. The van der Waals surface area contributed by atoms with Gasteiger partial charge >= 0.3 is 5.69 Å². The van der Waals surface area contributed by atoms with Crippen LogP contribution < -0.4 is 10.5 Å². The molecule has 2 unspecified atom stereocenters. The number of hydrogen-bond donors (Lipinski definition) is 1. The first-order valence-electron chi connectivity index (χ1n) is 7.30. The Morgan fingerprint density at radius 3 is 2.90 bits per heavy atom. The number of piperidine rings is 1. The van der Waals surface area contributed by atoms with Crippen LogP contribution in [0.3, 0.4) is 0 Å². The van der Waals surface area contributed by atoms with Gasteiger partial charge in [-0.15, -0.1) is 0 Å². The fourth-order valence-electron chi connectivity index (χ4n) is 2.96. The average Bonchev–Trinajstić information content (AvgIpc) is 2.48. The highest BCUT2D eigenvalue weighted by atomic mass is 16.6. The van der Waals surface area contributed by atoms with Crippen molar-refractivity contribution in [3.8, 4) is 5.75 Å². The Morgan fingerprint density at radius 1 is 1.52 bits per heavy atom. The lowest BCUT2D eigenvalue weighted by molar-refractivity contribution is -0.385. The van der Waals surface area contributed by atoms with Crippen molar-refractivity contribution in [2.45, 2.75) is 32.4 Å². The molecule has 1 saturated heterocycles. The van der Waals surface area contributed by atoms with Crippen molar-refractivity contribution in [3.63, 3.8) is 0 Å². The van der Waals surface area contributed by atoms with Crippen molar-refractivity contribution in [2.75, 3.05) is 20.2 Å². The molecule has 2 rings (SSSR count). The molecule has 1 heterocycles. The van der Waals surface area contributed by atoms with Crippen LogP contribution in [-0.2, 0) is 6.54 Å². The van der Waals surface area contributed by atoms with Gasteiger partial charge < -0.3 is 10.5 Å². The predicted octanol–water partition coefficient (Wildman–Crippen LogP) is 2.16. The molecular weight excluding hydrogens is 270 g/mol. The van der Waals surface area contributed by atoms with Gasteiger partial charge in [-0.1, -0.05) is 13.0 Å². The number of likely N-dealkylation sites (tertiary alicyclic amines) is 1. The number of benzene rings is 1. The van der Waals surface area contributed by atoms with E-state index in [1.54, 1.807) is 12.1 Å². The topological polar surface area (TPSA) is 81.6 Å². The molecule has 0 aromatic heterocycles. The number of nitrogens with two attached hydrogens (primary N) is 1. The normalized spacial score (nSPS) is 23.0. The van der Waals surface area contributed by atoms with Crippen LogP contribution in [0.15, 0.2) is 18.2 Å². The van der Waals surface area contributed by atoms with Crippen LogP contribution in [0.25, 0.3) is 0 Å². The van der Waals surface area contributed by atoms with Crippen LogP contribution in [0, 0.1) is 16.0 Å². The summed E-state index contributed by atoms with van der Waals surface area (Å²) < 4.78 is 5.03. The molecule has 0 spiro atoms. The zero-order valence-electron chi connectivity index (χ0n) is 12.6. The van der Waals surface area contributed by atoms with E-state index in [4.69, 9.17) is 10.5 Å². The largest absolute Gasteiger partial charge is 0.490 e. The summed E-state index contributed by atoms with van der Waals surface area (Å²) in [5.74, 6) is 0.992. The summed E-state index contributed by atoms with van der Waals surface area (Å²) in [6.45, 7) is 4.56. The van der Waals surface area contributed by atoms with E-state index in [1.165, 1.54) is 7.11 Å². The SMILES string of the molecule is COc1ccc(CN2CCC(C)CC2CN)cc1[N+](=O)[O-]. The first kappa shape index (κ1) is 15.7. The van der Waals surface area contributed by atoms with Crippen molar-refractivity contribution in [3.05, 3.63) is 33.9 Å². The molecule has 6 nitrogen and oxygen atoms in total. The Morgan fingerprint density at radius 2 is 2.29 bits per heavy atom. The summed E-state index contributed by atoms with van der Waals surface area (Å²) in [4.78, 5) is 13.0. The monoisotopic (exact) mass is 293 g/mol. The summed E-state index contributed by atoms with van der Waals surface area (Å²) in [7, 11) is 1.44. The van der Waals surface area contributed by atoms with E-state index in [9.17, 15) is 10.1 Å². The molecule has 1 aromatic carbocycles. The average molecular weight is 293 g/mol. The quantitative estimate of drug-likeness (QED) is 0.664. The molecule has 116 valence electrons. The second-order valence-electron chi connectivity index (χ2n) is 5.75. The van der Waals surface area contributed by atoms with E-state index in [1.807, 2.05) is 6.07 Å². The molecule has 6 heteroatoms. The summed E-state index contributed by atoms with van der Waals surface area (Å²) in [6, 6.07) is 5.51. The van der Waals surface area contributed by atoms with Gasteiger partial charge in [-0.2, -0.15) is 0 Å². The molecule has 0 bridgehead atoms. The summed E-state index contributed by atoms with van der Waals surface area (Å²) >= 11 is 0. The Labute approximate surface area is 125 Å². The van der Waals surface area contributed by atoms with E-state index in [0.29, 0.717) is 30.8 Å². The fourth-order valence-corrected chi connectivity index (χ4v) is 2.96. The van der Waals surface area contributed by atoms with Crippen LogP contribution >= 0.6 is 0 Å². The molecule has 1 aromatic rings. The van der Waals surface area contributed by atoms with Gasteiger partial charge in [0, 0.05) is 25.2 Å². The first-order chi connectivity index (χ1) is 10.0. The lowest BCUT2D eigenvalue weighted by Crippen LogP contribution is -2.45. The minimum Gasteiger partial charge on any atom is -0.490 e. The van der Waals surface area contributed by atoms with Gasteiger partial charge in [-0.05, 0) is 36.9 Å². The van der Waals surface area contributed by atoms with Crippen LogP contribution in [0.2, 0.25) is 0 Å². The highest BCUT2D eigenvalue weighted by Gasteiger charge is 2.26. The zero-order chi connectivity index (χ0) is 15.4. The van der Waals surface area contributed by atoms with Crippen molar-refractivity contribution < 1.29 is 9.66 Å². The fraction of sp³-hybridized carbons (Fsp3) is 0.600. The maximum absolute atomic E-state index is 11.1. The van der Waals surface area contributed by atoms with Gasteiger partial charge in [0.1, 0.15) is 0 Å². The number of hydrogen-bond acceptors (Lipinski definition) is 5. The van der Waals surface area contributed by atoms with E-state index >= 15 is 0 Å². The minimum absolute atomic E-state index is 0.0182. The van der Waals surface area contributed by atoms with E-state index in [2.05, 4.69) is 11.8 Å². The van der Waals surface area contributed by atoms with E-state index < -0.39 is 4.92 Å². The van der Waals surface area contributed by atoms with Crippen LogP contribution in [0.5, 0.6) is 5.75 Å². The molecule has 1 aliphatic rings. The Kier molecular flexibility index (Phi) is 5.14. The lowest BCUT2D eigenvalue weighted by atomic mass is 9.92. The van der Waals surface area contributed by atoms with Gasteiger partial charge in [0.15, 0.2) is 5.75 Å². The number of nitrogens with zero attached hydrogens (tertiary/aromatic N) is 2. The van der Waals surface area contributed by atoms with Crippen LogP contribution in [0.4, 0.5) is 5.69 Å². The molecule has 1 aliphatic heterocycles. The van der Waals surface area contributed by atoms with Gasteiger partial charge in [0.25, 0.3) is 0 Å². The third-order valence-electron chi connectivity index (χ3n) is 4.20. The molecule has 0 aliphatic carbocycles. The molecular formula is C15H23N3O3. The lowest BCUT2D eigenvalue weighted by Gasteiger charge is -2.38. The molecule has 21 heavy (non-hydrogen) atoms. The van der Waals surface area contributed by atoms with Crippen molar-refractivity contribution >= 4 is 5.69 Å². The van der Waals surface area contributed by atoms with Crippen LogP contribution in [0.1, 0.15) is 25.3 Å². The molecule has 0 amide bonds. The molecule has 2 N–H and O–H groups in total. The van der Waals surface area contributed by atoms with Crippen LogP contribution in [-0.4, -0.2) is 36.1 Å². The third-order valence-corrected chi connectivity index (χ3v) is 4.20. The Bertz CT molecular complexity index is 507. The van der Waals surface area contributed by atoms with Crippen molar-refractivity contribution in [2.24, 2.45) is 11.7 Å². The second kappa shape index (κ2) is 6.87. The van der Waals surface area contributed by atoms with E-state index in [-0.39, 0.29) is 5.69 Å². The summed E-state index contributed by atoms with van der Waals surface area (Å²) in [6.07, 6.45) is 2.24.